The fraction of sp³-hybridized carbons (Fsp3) is 0.824. The van der Waals surface area contributed by atoms with Crippen LogP contribution in [-0.4, -0.2) is 22.2 Å². The fourth-order valence-corrected chi connectivity index (χ4v) is 3.38. The molecule has 0 spiro atoms. The fourth-order valence-electron chi connectivity index (χ4n) is 1.43. The van der Waals surface area contributed by atoms with Gasteiger partial charge < -0.3 is 4.43 Å². The Bertz CT molecular complexity index is 383. The minimum atomic E-state index is -1.87. The Morgan fingerprint density at radius 1 is 1.10 bits per heavy atom. The van der Waals surface area contributed by atoms with E-state index < -0.39 is 16.4 Å². The van der Waals surface area contributed by atoms with Gasteiger partial charge in [-0.25, -0.2) is 0 Å². The Kier molecular flexibility index (Phi) is 7.15. The van der Waals surface area contributed by atoms with E-state index >= 15 is 0 Å². The molecule has 0 aliphatic rings. The highest BCUT2D eigenvalue weighted by Gasteiger charge is 2.39. The minimum absolute atomic E-state index is 0.0725. The monoisotopic (exact) mass is 328 g/mol. The average molecular weight is 329 g/mol. The molecule has 0 rings (SSSR count). The van der Waals surface area contributed by atoms with Crippen molar-refractivity contribution in [2.75, 3.05) is 0 Å². The van der Waals surface area contributed by atoms with Crippen LogP contribution in [0.15, 0.2) is 11.8 Å². The Balaban J connectivity index is 5.19. The van der Waals surface area contributed by atoms with Crippen LogP contribution in [0, 0.1) is 5.92 Å². The number of hydrogen-bond acceptors (Lipinski definition) is 2. The van der Waals surface area contributed by atoms with Crippen molar-refractivity contribution in [3.63, 3.8) is 0 Å². The molecule has 0 aromatic rings. The largest absolute Gasteiger partial charge is 0.546 e. The van der Waals surface area contributed by atoms with E-state index in [1.54, 1.807) is 0 Å². The van der Waals surface area contributed by atoms with E-state index in [1.807, 2.05) is 13.8 Å². The van der Waals surface area contributed by atoms with Gasteiger partial charge in [0.15, 0.2) is 0 Å². The predicted molar refractivity (Wildman–Crippen MR) is 99.0 cm³/mol. The first-order valence-electron chi connectivity index (χ1n) is 8.06. The Morgan fingerprint density at radius 3 is 1.90 bits per heavy atom. The zero-order chi connectivity index (χ0) is 17.1. The van der Waals surface area contributed by atoms with E-state index in [4.69, 9.17) is 4.43 Å². The predicted octanol–water partition coefficient (Wildman–Crippen LogP) is 5.85. The van der Waals surface area contributed by atoms with E-state index in [0.717, 1.165) is 11.8 Å². The zero-order valence-corrected chi connectivity index (χ0v) is 17.9. The number of hydrogen-bond donors (Lipinski definition) is 0. The van der Waals surface area contributed by atoms with Crippen LogP contribution in [0.2, 0.25) is 43.8 Å². The first-order chi connectivity index (χ1) is 9.16. The van der Waals surface area contributed by atoms with Gasteiger partial charge in [0, 0.05) is 14.0 Å². The van der Waals surface area contributed by atoms with Gasteiger partial charge in [-0.05, 0) is 24.2 Å². The van der Waals surface area contributed by atoms with Gasteiger partial charge >= 0.3 is 0 Å². The summed E-state index contributed by atoms with van der Waals surface area (Å²) in [6.07, 6.45) is 2.65. The van der Waals surface area contributed by atoms with Crippen molar-refractivity contribution >= 4 is 22.2 Å². The molecule has 0 aromatic heterocycles. The normalized spacial score (nSPS) is 14.5. The topological polar surface area (TPSA) is 26.3 Å². The Morgan fingerprint density at radius 2 is 1.57 bits per heavy atom. The third-order valence-electron chi connectivity index (χ3n) is 4.13. The molecule has 0 saturated heterocycles. The Hall–Kier alpha value is -0.356. The molecule has 2 nitrogen and oxygen atoms in total. The van der Waals surface area contributed by atoms with E-state index in [9.17, 15) is 4.79 Å². The SMILES string of the molecule is CC(C)C(=O)C/C(=C\C[Si](C)(C)C)O[Si](C)(C)C(C)(C)C. The molecule has 0 unspecified atom stereocenters. The third kappa shape index (κ3) is 8.00. The quantitative estimate of drug-likeness (QED) is 0.433. The lowest BCUT2D eigenvalue weighted by atomic mass is 10.1. The van der Waals surface area contributed by atoms with Gasteiger partial charge in [0.1, 0.15) is 5.78 Å². The number of allylic oxidation sites excluding steroid dienone is 2. The van der Waals surface area contributed by atoms with Gasteiger partial charge in [0.25, 0.3) is 0 Å². The average Bonchev–Trinajstić information content (AvgIpc) is 2.22. The number of carbonyl (C=O) groups excluding carboxylic acids is 1. The van der Waals surface area contributed by atoms with Crippen molar-refractivity contribution in [1.82, 2.24) is 0 Å². The summed E-state index contributed by atoms with van der Waals surface area (Å²) in [5, 5.41) is 0.159. The first-order valence-corrected chi connectivity index (χ1v) is 14.7. The maximum Gasteiger partial charge on any atom is 0.250 e. The van der Waals surface area contributed by atoms with E-state index in [0.29, 0.717) is 6.42 Å². The molecule has 0 aliphatic carbocycles. The summed E-state index contributed by atoms with van der Waals surface area (Å²) >= 11 is 0. The number of ketones is 1. The second kappa shape index (κ2) is 7.27. The van der Waals surface area contributed by atoms with Crippen LogP contribution in [0.1, 0.15) is 41.0 Å². The van der Waals surface area contributed by atoms with E-state index in [1.165, 1.54) is 0 Å². The molecule has 0 N–H and O–H groups in total. The van der Waals surface area contributed by atoms with Gasteiger partial charge in [-0.15, -0.1) is 0 Å². The molecule has 0 amide bonds. The molecule has 0 radical (unpaired) electrons. The standard InChI is InChI=1S/C17H36O2Si2/c1-14(2)16(18)13-15(11-12-20(6,7)8)19-21(9,10)17(3,4)5/h11,14H,12-13H2,1-10H3/b15-11+. The van der Waals surface area contributed by atoms with Gasteiger partial charge in [-0.2, -0.15) is 0 Å². The molecule has 0 fully saturated rings. The number of Topliss-reactive ketones (excluding diaryl/α,β-unsaturated/α-hetero) is 1. The van der Waals surface area contributed by atoms with Crippen LogP contribution < -0.4 is 0 Å². The summed E-state index contributed by atoms with van der Waals surface area (Å²) in [6, 6.07) is 1.07. The van der Waals surface area contributed by atoms with Crippen LogP contribution in [0.4, 0.5) is 0 Å². The molecule has 0 heterocycles. The van der Waals surface area contributed by atoms with E-state index in [-0.39, 0.29) is 16.7 Å². The van der Waals surface area contributed by atoms with Crippen LogP contribution in [0.5, 0.6) is 0 Å². The van der Waals surface area contributed by atoms with Crippen molar-refractivity contribution in [1.29, 1.82) is 0 Å². The molecule has 21 heavy (non-hydrogen) atoms. The highest BCUT2D eigenvalue weighted by molar-refractivity contribution is 6.76. The Labute approximate surface area is 134 Å². The molecule has 0 aromatic carbocycles. The minimum Gasteiger partial charge on any atom is -0.546 e. The molecule has 0 atom stereocenters. The van der Waals surface area contributed by atoms with Crippen LogP contribution in [0.3, 0.4) is 0 Å². The summed E-state index contributed by atoms with van der Waals surface area (Å²) in [7, 11) is -3.04. The summed E-state index contributed by atoms with van der Waals surface area (Å²) in [6.45, 7) is 22.2. The molecular weight excluding hydrogens is 292 g/mol. The number of carbonyl (C=O) groups is 1. The lowest BCUT2D eigenvalue weighted by Crippen LogP contribution is -2.40. The molecule has 0 saturated carbocycles. The van der Waals surface area contributed by atoms with Gasteiger partial charge in [0.05, 0.1) is 12.2 Å². The highest BCUT2D eigenvalue weighted by atomic mass is 28.4. The lowest BCUT2D eigenvalue weighted by molar-refractivity contribution is -0.121. The first kappa shape index (κ1) is 20.6. The smallest absolute Gasteiger partial charge is 0.250 e. The molecule has 0 aliphatic heterocycles. The maximum atomic E-state index is 12.1. The summed E-state index contributed by atoms with van der Waals surface area (Å²) in [4.78, 5) is 12.1. The van der Waals surface area contributed by atoms with E-state index in [2.05, 4.69) is 59.6 Å². The van der Waals surface area contributed by atoms with Crippen molar-refractivity contribution in [3.05, 3.63) is 11.8 Å². The lowest BCUT2D eigenvalue weighted by Gasteiger charge is -2.37. The molecule has 4 heteroatoms. The van der Waals surface area contributed by atoms with Crippen molar-refractivity contribution in [2.24, 2.45) is 5.92 Å². The zero-order valence-electron chi connectivity index (χ0n) is 15.9. The number of rotatable bonds is 7. The molecular formula is C17H36O2Si2. The van der Waals surface area contributed by atoms with Crippen molar-refractivity contribution < 1.29 is 9.22 Å². The van der Waals surface area contributed by atoms with Gasteiger partial charge in [0.2, 0.25) is 8.32 Å². The summed E-state index contributed by atoms with van der Waals surface area (Å²) < 4.78 is 6.42. The third-order valence-corrected chi connectivity index (χ3v) is 9.94. The molecule has 0 bridgehead atoms. The van der Waals surface area contributed by atoms with Crippen LogP contribution in [-0.2, 0) is 9.22 Å². The van der Waals surface area contributed by atoms with Crippen molar-refractivity contribution in [2.45, 2.75) is 84.9 Å². The van der Waals surface area contributed by atoms with Gasteiger partial charge in [-0.1, -0.05) is 60.3 Å². The van der Waals surface area contributed by atoms with Crippen molar-refractivity contribution in [3.8, 4) is 0 Å². The maximum absolute atomic E-state index is 12.1. The van der Waals surface area contributed by atoms with Crippen LogP contribution in [0.25, 0.3) is 0 Å². The van der Waals surface area contributed by atoms with Crippen LogP contribution >= 0.6 is 0 Å². The summed E-state index contributed by atoms with van der Waals surface area (Å²) in [5.41, 5.74) is 0. The molecule has 124 valence electrons. The van der Waals surface area contributed by atoms with Gasteiger partial charge in [-0.3, -0.25) is 4.79 Å². The second-order valence-corrected chi connectivity index (χ2v) is 19.3. The summed E-state index contributed by atoms with van der Waals surface area (Å²) in [5.74, 6) is 1.27. The highest BCUT2D eigenvalue weighted by Crippen LogP contribution is 2.38. The second-order valence-electron chi connectivity index (χ2n) is 9.10.